The van der Waals surface area contributed by atoms with Gasteiger partial charge in [0.2, 0.25) is 5.91 Å². The van der Waals surface area contributed by atoms with Crippen molar-refractivity contribution in [2.45, 2.75) is 25.7 Å². The molecule has 0 aliphatic carbocycles. The number of carbonyl (C=O) groups is 2. The largest absolute Gasteiger partial charge is 0.481 e. The van der Waals surface area contributed by atoms with Gasteiger partial charge in [0.05, 0.1) is 5.69 Å². The SMILES string of the molecule is CCCN1C(=O)COc2cc(NC(=O)CC(c3ccccc3)c3ccccc3)ccc21. The lowest BCUT2D eigenvalue weighted by Gasteiger charge is -2.29. The van der Waals surface area contributed by atoms with Crippen LogP contribution in [-0.4, -0.2) is 25.0 Å². The van der Waals surface area contributed by atoms with E-state index in [9.17, 15) is 9.59 Å². The molecule has 1 aliphatic rings. The average Bonchev–Trinajstić information content (AvgIpc) is 2.80. The Bertz CT molecular complexity index is 1010. The number of benzene rings is 3. The Morgan fingerprint density at radius 3 is 2.26 bits per heavy atom. The quantitative estimate of drug-likeness (QED) is 0.593. The smallest absolute Gasteiger partial charge is 0.265 e. The van der Waals surface area contributed by atoms with E-state index >= 15 is 0 Å². The van der Waals surface area contributed by atoms with E-state index in [1.165, 1.54) is 0 Å². The van der Waals surface area contributed by atoms with Gasteiger partial charge in [0.15, 0.2) is 6.61 Å². The molecule has 2 amide bonds. The highest BCUT2D eigenvalue weighted by Crippen LogP contribution is 2.35. The first-order chi connectivity index (χ1) is 15.2. The molecular weight excluding hydrogens is 388 g/mol. The van der Waals surface area contributed by atoms with E-state index in [4.69, 9.17) is 4.74 Å². The van der Waals surface area contributed by atoms with E-state index in [0.29, 0.717) is 24.4 Å². The number of amides is 2. The van der Waals surface area contributed by atoms with E-state index in [0.717, 1.165) is 23.2 Å². The van der Waals surface area contributed by atoms with Crippen LogP contribution in [0.3, 0.4) is 0 Å². The minimum atomic E-state index is -0.0741. The maximum atomic E-state index is 12.9. The summed E-state index contributed by atoms with van der Waals surface area (Å²) in [6.07, 6.45) is 1.19. The molecule has 0 unspecified atom stereocenters. The topological polar surface area (TPSA) is 58.6 Å². The van der Waals surface area contributed by atoms with Crippen LogP contribution < -0.4 is 15.0 Å². The van der Waals surface area contributed by atoms with Crippen molar-refractivity contribution in [2.24, 2.45) is 0 Å². The van der Waals surface area contributed by atoms with Crippen molar-refractivity contribution in [3.8, 4) is 5.75 Å². The number of hydrogen-bond donors (Lipinski definition) is 1. The van der Waals surface area contributed by atoms with Gasteiger partial charge in [0.1, 0.15) is 5.75 Å². The van der Waals surface area contributed by atoms with E-state index in [1.54, 1.807) is 11.0 Å². The molecule has 3 aromatic carbocycles. The first kappa shape index (κ1) is 20.7. The number of fused-ring (bicyclic) bond motifs is 1. The molecule has 0 saturated carbocycles. The van der Waals surface area contributed by atoms with Crippen LogP contribution in [0.1, 0.15) is 36.8 Å². The fourth-order valence-electron chi connectivity index (χ4n) is 3.95. The van der Waals surface area contributed by atoms with Crippen LogP contribution in [0, 0.1) is 0 Å². The molecule has 0 bridgehead atoms. The van der Waals surface area contributed by atoms with Crippen LogP contribution in [0.15, 0.2) is 78.9 Å². The van der Waals surface area contributed by atoms with Crippen molar-refractivity contribution >= 4 is 23.2 Å². The van der Waals surface area contributed by atoms with Gasteiger partial charge < -0.3 is 15.0 Å². The molecule has 31 heavy (non-hydrogen) atoms. The second kappa shape index (κ2) is 9.47. The summed E-state index contributed by atoms with van der Waals surface area (Å²) in [5, 5.41) is 3.00. The van der Waals surface area contributed by atoms with E-state index in [-0.39, 0.29) is 24.3 Å². The van der Waals surface area contributed by atoms with Gasteiger partial charge >= 0.3 is 0 Å². The van der Waals surface area contributed by atoms with Gasteiger partial charge in [-0.3, -0.25) is 9.59 Å². The second-order valence-corrected chi connectivity index (χ2v) is 7.64. The zero-order valence-corrected chi connectivity index (χ0v) is 17.6. The van der Waals surface area contributed by atoms with Gasteiger partial charge in [0.25, 0.3) is 5.91 Å². The summed E-state index contributed by atoms with van der Waals surface area (Å²) in [6.45, 7) is 2.71. The molecule has 3 aromatic rings. The Morgan fingerprint density at radius 2 is 1.65 bits per heavy atom. The zero-order chi connectivity index (χ0) is 21.6. The Balaban J connectivity index is 1.52. The first-order valence-electron chi connectivity index (χ1n) is 10.6. The second-order valence-electron chi connectivity index (χ2n) is 7.64. The molecule has 4 rings (SSSR count). The number of rotatable bonds is 7. The molecule has 0 radical (unpaired) electrons. The summed E-state index contributed by atoms with van der Waals surface area (Å²) in [5.74, 6) is 0.470. The lowest BCUT2D eigenvalue weighted by molar-refractivity contribution is -0.121. The highest BCUT2D eigenvalue weighted by atomic mass is 16.5. The van der Waals surface area contributed by atoms with Crippen molar-refractivity contribution in [3.63, 3.8) is 0 Å². The molecule has 1 heterocycles. The van der Waals surface area contributed by atoms with Gasteiger partial charge in [-0.05, 0) is 29.7 Å². The Kier molecular flexibility index (Phi) is 6.32. The van der Waals surface area contributed by atoms with Gasteiger partial charge in [-0.15, -0.1) is 0 Å². The lowest BCUT2D eigenvalue weighted by Crippen LogP contribution is -2.39. The number of carbonyl (C=O) groups excluding carboxylic acids is 2. The maximum Gasteiger partial charge on any atom is 0.265 e. The lowest BCUT2D eigenvalue weighted by atomic mass is 9.88. The highest BCUT2D eigenvalue weighted by Gasteiger charge is 2.25. The third-order valence-corrected chi connectivity index (χ3v) is 5.43. The van der Waals surface area contributed by atoms with E-state index < -0.39 is 0 Å². The summed E-state index contributed by atoms with van der Waals surface area (Å²) < 4.78 is 5.61. The summed E-state index contributed by atoms with van der Waals surface area (Å²) >= 11 is 0. The van der Waals surface area contributed by atoms with Crippen LogP contribution in [0.2, 0.25) is 0 Å². The van der Waals surface area contributed by atoms with Gasteiger partial charge in [-0.2, -0.15) is 0 Å². The van der Waals surface area contributed by atoms with Crippen molar-refractivity contribution < 1.29 is 14.3 Å². The van der Waals surface area contributed by atoms with E-state index in [1.807, 2.05) is 55.5 Å². The predicted octanol–water partition coefficient (Wildman–Crippen LogP) is 4.98. The molecule has 0 spiro atoms. The van der Waals surface area contributed by atoms with Crippen LogP contribution in [-0.2, 0) is 9.59 Å². The summed E-state index contributed by atoms with van der Waals surface area (Å²) in [4.78, 5) is 26.8. The highest BCUT2D eigenvalue weighted by molar-refractivity contribution is 5.99. The normalized spacial score (nSPS) is 13.0. The molecule has 0 fully saturated rings. The molecule has 5 nitrogen and oxygen atoms in total. The molecule has 5 heteroatoms. The summed E-state index contributed by atoms with van der Waals surface area (Å²) in [7, 11) is 0. The fraction of sp³-hybridized carbons (Fsp3) is 0.231. The van der Waals surface area contributed by atoms with Crippen molar-refractivity contribution in [3.05, 3.63) is 90.0 Å². The van der Waals surface area contributed by atoms with Crippen LogP contribution in [0.25, 0.3) is 0 Å². The van der Waals surface area contributed by atoms with Gasteiger partial charge in [-0.1, -0.05) is 67.6 Å². The Hall–Kier alpha value is -3.60. The summed E-state index contributed by atoms with van der Waals surface area (Å²) in [6, 6.07) is 25.6. The molecule has 0 saturated heterocycles. The maximum absolute atomic E-state index is 12.9. The molecule has 0 atom stereocenters. The minimum Gasteiger partial charge on any atom is -0.481 e. The summed E-state index contributed by atoms with van der Waals surface area (Å²) in [5.41, 5.74) is 3.62. The first-order valence-corrected chi connectivity index (χ1v) is 10.6. The molecule has 158 valence electrons. The van der Waals surface area contributed by atoms with Crippen molar-refractivity contribution in [1.29, 1.82) is 0 Å². The zero-order valence-electron chi connectivity index (χ0n) is 17.6. The molecular formula is C26H26N2O3. The molecule has 1 N–H and O–H groups in total. The van der Waals surface area contributed by atoms with Crippen LogP contribution in [0.5, 0.6) is 5.75 Å². The fourth-order valence-corrected chi connectivity index (χ4v) is 3.95. The number of nitrogens with zero attached hydrogens (tertiary/aromatic N) is 1. The average molecular weight is 415 g/mol. The van der Waals surface area contributed by atoms with Crippen LogP contribution in [0.4, 0.5) is 11.4 Å². The van der Waals surface area contributed by atoms with Crippen LogP contribution >= 0.6 is 0 Å². The third-order valence-electron chi connectivity index (χ3n) is 5.43. The number of nitrogens with one attached hydrogen (secondary N) is 1. The minimum absolute atomic E-state index is 0.0223. The third kappa shape index (κ3) is 4.77. The number of anilines is 2. The predicted molar refractivity (Wildman–Crippen MR) is 123 cm³/mol. The monoisotopic (exact) mass is 414 g/mol. The van der Waals surface area contributed by atoms with E-state index in [2.05, 4.69) is 29.6 Å². The van der Waals surface area contributed by atoms with Gasteiger partial charge in [0, 0.05) is 30.6 Å². The number of hydrogen-bond acceptors (Lipinski definition) is 3. The Labute approximate surface area is 182 Å². The van der Waals surface area contributed by atoms with Gasteiger partial charge in [-0.25, -0.2) is 0 Å². The molecule has 1 aliphatic heterocycles. The molecule has 0 aromatic heterocycles. The van der Waals surface area contributed by atoms with Crippen molar-refractivity contribution in [1.82, 2.24) is 0 Å². The standard InChI is InChI=1S/C26H26N2O3/c1-2-15-28-23-14-13-21(16-24(23)31-18-26(28)30)27-25(29)17-22(19-9-5-3-6-10-19)20-11-7-4-8-12-20/h3-14,16,22H,2,15,17-18H2,1H3,(H,27,29). The Morgan fingerprint density at radius 1 is 1.00 bits per heavy atom. The number of ether oxygens (including phenoxy) is 1. The van der Waals surface area contributed by atoms with Crippen molar-refractivity contribution in [2.75, 3.05) is 23.4 Å².